The average molecular weight is 442 g/mol. The van der Waals surface area contributed by atoms with Crippen molar-refractivity contribution >= 4 is 38.8 Å². The SMILES string of the molecule is CN=C(C=C(N)C(C)(C)C)C(=O)CNC(=O)C(C)(C)S(=O)(=O)c1ccc(Cl)cc1. The van der Waals surface area contributed by atoms with Gasteiger partial charge in [-0.2, -0.15) is 0 Å². The van der Waals surface area contributed by atoms with Gasteiger partial charge >= 0.3 is 0 Å². The Kier molecular flexibility index (Phi) is 7.79. The maximum atomic E-state index is 12.9. The van der Waals surface area contributed by atoms with Crippen LogP contribution in [-0.2, 0) is 19.4 Å². The molecular formula is C20H28ClN3O4S. The second-order valence-electron chi connectivity index (χ2n) is 8.03. The fourth-order valence-electron chi connectivity index (χ4n) is 2.13. The van der Waals surface area contributed by atoms with E-state index in [4.69, 9.17) is 17.3 Å². The maximum absolute atomic E-state index is 12.9. The number of allylic oxidation sites excluding steroid dienone is 2. The molecule has 0 bridgehead atoms. The zero-order valence-corrected chi connectivity index (χ0v) is 19.1. The number of nitrogens with two attached hydrogens (primary N) is 1. The van der Waals surface area contributed by atoms with E-state index < -0.39 is 32.8 Å². The molecule has 0 spiro atoms. The molecule has 0 aliphatic rings. The van der Waals surface area contributed by atoms with Gasteiger partial charge in [-0.3, -0.25) is 14.6 Å². The Hall–Kier alpha value is -2.19. The highest BCUT2D eigenvalue weighted by molar-refractivity contribution is 7.93. The smallest absolute Gasteiger partial charge is 0.241 e. The molecule has 1 amide bonds. The number of hydrogen-bond donors (Lipinski definition) is 2. The lowest BCUT2D eigenvalue weighted by Crippen LogP contribution is -2.49. The monoisotopic (exact) mass is 441 g/mol. The molecule has 0 atom stereocenters. The van der Waals surface area contributed by atoms with Gasteiger partial charge in [-0.1, -0.05) is 32.4 Å². The molecule has 1 rings (SSSR count). The first-order valence-corrected chi connectivity index (χ1v) is 10.8. The van der Waals surface area contributed by atoms with E-state index in [2.05, 4.69) is 10.3 Å². The van der Waals surface area contributed by atoms with Crippen molar-refractivity contribution in [2.24, 2.45) is 16.1 Å². The molecule has 7 nitrogen and oxygen atoms in total. The summed E-state index contributed by atoms with van der Waals surface area (Å²) in [5.74, 6) is -1.28. The van der Waals surface area contributed by atoms with Gasteiger partial charge in [-0.25, -0.2) is 8.42 Å². The number of carbonyl (C=O) groups excluding carboxylic acids is 2. The molecular weight excluding hydrogens is 414 g/mol. The highest BCUT2D eigenvalue weighted by Crippen LogP contribution is 2.26. The summed E-state index contributed by atoms with van der Waals surface area (Å²) in [6, 6.07) is 5.53. The first-order valence-electron chi connectivity index (χ1n) is 8.90. The van der Waals surface area contributed by atoms with Crippen molar-refractivity contribution in [3.05, 3.63) is 41.1 Å². The zero-order chi connectivity index (χ0) is 22.6. The number of benzene rings is 1. The molecule has 0 heterocycles. The number of amides is 1. The zero-order valence-electron chi connectivity index (χ0n) is 17.5. The molecule has 3 N–H and O–H groups in total. The van der Waals surface area contributed by atoms with Crippen LogP contribution in [0.5, 0.6) is 0 Å². The third-order valence-corrected chi connectivity index (χ3v) is 7.11. The van der Waals surface area contributed by atoms with Gasteiger partial charge in [0, 0.05) is 23.2 Å². The van der Waals surface area contributed by atoms with Crippen LogP contribution in [0.3, 0.4) is 0 Å². The van der Waals surface area contributed by atoms with Crippen LogP contribution >= 0.6 is 11.6 Å². The highest BCUT2D eigenvalue weighted by atomic mass is 35.5. The second kappa shape index (κ2) is 9.09. The van der Waals surface area contributed by atoms with E-state index in [0.717, 1.165) is 0 Å². The van der Waals surface area contributed by atoms with Crippen LogP contribution < -0.4 is 11.1 Å². The molecule has 0 saturated heterocycles. The minimum absolute atomic E-state index is 0.0370. The molecule has 0 unspecified atom stereocenters. The summed E-state index contributed by atoms with van der Waals surface area (Å²) >= 11 is 5.79. The summed E-state index contributed by atoms with van der Waals surface area (Å²) in [5, 5.41) is 2.77. The van der Waals surface area contributed by atoms with Crippen LogP contribution in [0.15, 0.2) is 45.9 Å². The molecule has 0 radical (unpaired) electrons. The van der Waals surface area contributed by atoms with Gasteiger partial charge < -0.3 is 11.1 Å². The first-order chi connectivity index (χ1) is 13.1. The van der Waals surface area contributed by atoms with Crippen molar-refractivity contribution in [3.63, 3.8) is 0 Å². The lowest BCUT2D eigenvalue weighted by atomic mass is 9.91. The van der Waals surface area contributed by atoms with E-state index in [-0.39, 0.29) is 16.0 Å². The number of ketones is 1. The molecule has 0 fully saturated rings. The molecule has 1 aromatic rings. The molecule has 160 valence electrons. The van der Waals surface area contributed by atoms with Gasteiger partial charge in [-0.15, -0.1) is 0 Å². The topological polar surface area (TPSA) is 119 Å². The van der Waals surface area contributed by atoms with Gasteiger partial charge in [0.2, 0.25) is 5.91 Å². The number of sulfone groups is 1. The summed E-state index contributed by atoms with van der Waals surface area (Å²) < 4.78 is 23.9. The number of halogens is 1. The molecule has 0 aromatic heterocycles. The predicted octanol–water partition coefficient (Wildman–Crippen LogP) is 2.54. The Morgan fingerprint density at radius 3 is 2.10 bits per heavy atom. The van der Waals surface area contributed by atoms with E-state index in [9.17, 15) is 18.0 Å². The number of rotatable bonds is 7. The largest absolute Gasteiger partial charge is 0.402 e. The summed E-state index contributed by atoms with van der Waals surface area (Å²) in [6.45, 7) is 7.83. The van der Waals surface area contributed by atoms with E-state index in [1.165, 1.54) is 51.2 Å². The standard InChI is InChI=1S/C20H28ClN3O4S/c1-19(2,3)17(22)11-15(23-6)16(25)12-24-18(26)20(4,5)29(27,28)14-9-7-13(21)8-10-14/h7-11H,12,22H2,1-6H3,(H,24,26). The number of nitrogens with one attached hydrogen (secondary N) is 1. The predicted molar refractivity (Wildman–Crippen MR) is 116 cm³/mol. The highest BCUT2D eigenvalue weighted by Gasteiger charge is 2.42. The summed E-state index contributed by atoms with van der Waals surface area (Å²) in [4.78, 5) is 28.9. The summed E-state index contributed by atoms with van der Waals surface area (Å²) in [7, 11) is -2.57. The fourth-order valence-corrected chi connectivity index (χ4v) is 3.65. The van der Waals surface area contributed by atoms with E-state index in [0.29, 0.717) is 10.7 Å². The molecule has 0 aliphatic heterocycles. The first kappa shape index (κ1) is 24.8. The molecule has 29 heavy (non-hydrogen) atoms. The van der Waals surface area contributed by atoms with Crippen LogP contribution in [0, 0.1) is 5.41 Å². The van der Waals surface area contributed by atoms with Crippen LogP contribution in [0.4, 0.5) is 0 Å². The number of aliphatic imine (C=N–C) groups is 1. The molecule has 0 saturated carbocycles. The lowest BCUT2D eigenvalue weighted by Gasteiger charge is -2.24. The summed E-state index contributed by atoms with van der Waals surface area (Å²) in [5.41, 5.74) is 6.18. The van der Waals surface area contributed by atoms with Gasteiger partial charge in [0.25, 0.3) is 0 Å². The molecule has 0 aliphatic carbocycles. The normalized spacial score (nSPS) is 13.9. The van der Waals surface area contributed by atoms with Crippen molar-refractivity contribution in [3.8, 4) is 0 Å². The van der Waals surface area contributed by atoms with Crippen molar-refractivity contribution in [1.82, 2.24) is 5.32 Å². The number of Topliss-reactive ketones (excluding diaryl/α,β-unsaturated/α-hetero) is 1. The molecule has 9 heteroatoms. The fraction of sp³-hybridized carbons (Fsp3) is 0.450. The second-order valence-corrected chi connectivity index (χ2v) is 11.0. The maximum Gasteiger partial charge on any atom is 0.241 e. The average Bonchev–Trinajstić information content (AvgIpc) is 2.62. The van der Waals surface area contributed by atoms with Crippen LogP contribution in [-0.4, -0.2) is 44.2 Å². The Balaban J connectivity index is 2.97. The summed E-state index contributed by atoms with van der Waals surface area (Å²) in [6.07, 6.45) is 1.46. The number of hydrogen-bond acceptors (Lipinski definition) is 6. The van der Waals surface area contributed by atoms with Gasteiger partial charge in [0.15, 0.2) is 15.6 Å². The van der Waals surface area contributed by atoms with Gasteiger partial charge in [-0.05, 0) is 44.2 Å². The Morgan fingerprint density at radius 2 is 1.66 bits per heavy atom. The third kappa shape index (κ3) is 5.90. The molecule has 1 aromatic carbocycles. The van der Waals surface area contributed by atoms with Gasteiger partial charge in [0.05, 0.1) is 11.4 Å². The van der Waals surface area contributed by atoms with Gasteiger partial charge in [0.1, 0.15) is 10.5 Å². The Bertz CT molecular complexity index is 941. The minimum atomic E-state index is -4.01. The number of carbonyl (C=O) groups is 2. The lowest BCUT2D eigenvalue weighted by molar-refractivity contribution is -0.124. The van der Waals surface area contributed by atoms with E-state index in [1.807, 2.05) is 20.8 Å². The van der Waals surface area contributed by atoms with Crippen LogP contribution in [0.25, 0.3) is 0 Å². The van der Waals surface area contributed by atoms with Crippen molar-refractivity contribution in [1.29, 1.82) is 0 Å². The van der Waals surface area contributed by atoms with Crippen molar-refractivity contribution in [2.45, 2.75) is 44.3 Å². The minimum Gasteiger partial charge on any atom is -0.402 e. The third-order valence-electron chi connectivity index (χ3n) is 4.44. The Labute approximate surface area is 177 Å². The van der Waals surface area contributed by atoms with Crippen molar-refractivity contribution < 1.29 is 18.0 Å². The Morgan fingerprint density at radius 1 is 1.14 bits per heavy atom. The van der Waals surface area contributed by atoms with E-state index in [1.54, 1.807) is 0 Å². The van der Waals surface area contributed by atoms with E-state index >= 15 is 0 Å². The van der Waals surface area contributed by atoms with Crippen LogP contribution in [0.2, 0.25) is 5.02 Å². The van der Waals surface area contributed by atoms with Crippen LogP contribution in [0.1, 0.15) is 34.6 Å². The van der Waals surface area contributed by atoms with Crippen molar-refractivity contribution in [2.75, 3.05) is 13.6 Å². The quantitative estimate of drug-likeness (QED) is 0.630. The number of nitrogens with zero attached hydrogens (tertiary/aromatic N) is 1.